The third kappa shape index (κ3) is 3.02. The first kappa shape index (κ1) is 12.2. The summed E-state index contributed by atoms with van der Waals surface area (Å²) in [6.07, 6.45) is 3.49. The van der Waals surface area contributed by atoms with E-state index in [0.29, 0.717) is 0 Å². The van der Waals surface area contributed by atoms with Crippen LogP contribution < -0.4 is 0 Å². The van der Waals surface area contributed by atoms with Gasteiger partial charge in [0.05, 0.1) is 13.0 Å². The predicted molar refractivity (Wildman–Crippen MR) is 61.5 cm³/mol. The third-order valence-corrected chi connectivity index (χ3v) is 3.01. The van der Waals surface area contributed by atoms with E-state index in [2.05, 4.69) is 20.9 Å². The summed E-state index contributed by atoms with van der Waals surface area (Å²) in [6, 6.07) is 1.97. The van der Waals surface area contributed by atoms with Gasteiger partial charge in [0.25, 0.3) is 0 Å². The van der Waals surface area contributed by atoms with Gasteiger partial charge in [-0.2, -0.15) is 0 Å². The molecular weight excluding hydrogens is 258 g/mol. The van der Waals surface area contributed by atoms with Gasteiger partial charge < -0.3 is 4.74 Å². The molecule has 0 amide bonds. The standard InChI is InChI=1S/C11H14BrNO2/c1-7(8(2)11(14)15-3)9-4-10(12)6-13-5-9/h4-8H,1-3H3. The first-order chi connectivity index (χ1) is 7.06. The summed E-state index contributed by atoms with van der Waals surface area (Å²) < 4.78 is 5.63. The Morgan fingerprint density at radius 2 is 2.13 bits per heavy atom. The lowest BCUT2D eigenvalue weighted by atomic mass is 9.90. The van der Waals surface area contributed by atoms with Crippen molar-refractivity contribution in [1.82, 2.24) is 4.98 Å². The van der Waals surface area contributed by atoms with Crippen molar-refractivity contribution in [3.63, 3.8) is 0 Å². The number of nitrogens with zero attached hydrogens (tertiary/aromatic N) is 1. The van der Waals surface area contributed by atoms with Crippen LogP contribution in [0.1, 0.15) is 25.3 Å². The maximum Gasteiger partial charge on any atom is 0.308 e. The van der Waals surface area contributed by atoms with Crippen molar-refractivity contribution >= 4 is 21.9 Å². The highest BCUT2D eigenvalue weighted by molar-refractivity contribution is 9.10. The van der Waals surface area contributed by atoms with Crippen LogP contribution in [0.25, 0.3) is 0 Å². The van der Waals surface area contributed by atoms with Crippen LogP contribution in [0.2, 0.25) is 0 Å². The molecule has 1 aromatic heterocycles. The van der Waals surface area contributed by atoms with Crippen LogP contribution in [0.4, 0.5) is 0 Å². The molecule has 0 aliphatic rings. The number of esters is 1. The topological polar surface area (TPSA) is 39.2 Å². The molecule has 0 bridgehead atoms. The van der Waals surface area contributed by atoms with Gasteiger partial charge in [0.2, 0.25) is 0 Å². The summed E-state index contributed by atoms with van der Waals surface area (Å²) in [7, 11) is 1.41. The maximum absolute atomic E-state index is 11.4. The van der Waals surface area contributed by atoms with Gasteiger partial charge in [-0.05, 0) is 33.5 Å². The Balaban J connectivity index is 2.84. The average molecular weight is 272 g/mol. The molecule has 0 saturated heterocycles. The van der Waals surface area contributed by atoms with Gasteiger partial charge in [0, 0.05) is 16.9 Å². The van der Waals surface area contributed by atoms with E-state index in [0.717, 1.165) is 10.0 Å². The highest BCUT2D eigenvalue weighted by Gasteiger charge is 2.22. The van der Waals surface area contributed by atoms with Crippen LogP contribution >= 0.6 is 15.9 Å². The van der Waals surface area contributed by atoms with Crippen LogP contribution in [-0.4, -0.2) is 18.1 Å². The van der Waals surface area contributed by atoms with Gasteiger partial charge in [-0.25, -0.2) is 0 Å². The molecule has 0 N–H and O–H groups in total. The lowest BCUT2D eigenvalue weighted by molar-refractivity contribution is -0.145. The molecule has 2 atom stereocenters. The minimum absolute atomic E-state index is 0.0995. The zero-order valence-corrected chi connectivity index (χ0v) is 10.6. The number of methoxy groups -OCH3 is 1. The average Bonchev–Trinajstić information content (AvgIpc) is 2.26. The number of halogens is 1. The number of hydrogen-bond donors (Lipinski definition) is 0. The van der Waals surface area contributed by atoms with Gasteiger partial charge in [-0.15, -0.1) is 0 Å². The molecule has 0 fully saturated rings. The molecule has 0 aromatic carbocycles. The van der Waals surface area contributed by atoms with E-state index in [1.165, 1.54) is 7.11 Å². The van der Waals surface area contributed by atoms with Gasteiger partial charge >= 0.3 is 5.97 Å². The maximum atomic E-state index is 11.4. The van der Waals surface area contributed by atoms with E-state index in [-0.39, 0.29) is 17.8 Å². The van der Waals surface area contributed by atoms with E-state index in [1.54, 1.807) is 12.4 Å². The number of carbonyl (C=O) groups is 1. The second kappa shape index (κ2) is 5.26. The van der Waals surface area contributed by atoms with E-state index >= 15 is 0 Å². The summed E-state index contributed by atoms with van der Waals surface area (Å²) in [5.74, 6) is -0.254. The molecule has 1 heterocycles. The fraction of sp³-hybridized carbons (Fsp3) is 0.455. The fourth-order valence-electron chi connectivity index (χ4n) is 1.36. The summed E-state index contributed by atoms with van der Waals surface area (Å²) in [6.45, 7) is 3.85. The Bertz CT molecular complexity index is 354. The van der Waals surface area contributed by atoms with E-state index in [1.807, 2.05) is 19.9 Å². The molecule has 0 aliphatic heterocycles. The Labute approximate surface area is 98.0 Å². The molecule has 1 rings (SSSR count). The SMILES string of the molecule is COC(=O)C(C)C(C)c1cncc(Br)c1. The van der Waals surface area contributed by atoms with Crippen LogP contribution in [0.3, 0.4) is 0 Å². The summed E-state index contributed by atoms with van der Waals surface area (Å²) in [5, 5.41) is 0. The summed E-state index contributed by atoms with van der Waals surface area (Å²) >= 11 is 3.35. The molecule has 1 aromatic rings. The Hall–Kier alpha value is -0.900. The van der Waals surface area contributed by atoms with Gasteiger partial charge in [-0.1, -0.05) is 13.8 Å². The first-order valence-electron chi connectivity index (χ1n) is 4.74. The zero-order chi connectivity index (χ0) is 11.4. The van der Waals surface area contributed by atoms with Gasteiger partial charge in [0.1, 0.15) is 0 Å². The van der Waals surface area contributed by atoms with Crippen molar-refractivity contribution < 1.29 is 9.53 Å². The van der Waals surface area contributed by atoms with E-state index < -0.39 is 0 Å². The van der Waals surface area contributed by atoms with Crippen LogP contribution in [0.5, 0.6) is 0 Å². The smallest absolute Gasteiger partial charge is 0.308 e. The molecule has 15 heavy (non-hydrogen) atoms. The molecule has 0 spiro atoms. The zero-order valence-electron chi connectivity index (χ0n) is 9.03. The van der Waals surface area contributed by atoms with Crippen molar-refractivity contribution in [2.24, 2.45) is 5.92 Å². The predicted octanol–water partition coefficient (Wildman–Crippen LogP) is 2.76. The quantitative estimate of drug-likeness (QED) is 0.794. The minimum Gasteiger partial charge on any atom is -0.469 e. The second-order valence-electron chi connectivity index (χ2n) is 3.54. The Morgan fingerprint density at radius 1 is 1.47 bits per heavy atom. The molecule has 2 unspecified atom stereocenters. The van der Waals surface area contributed by atoms with Crippen LogP contribution in [0.15, 0.2) is 22.9 Å². The molecule has 0 aliphatic carbocycles. The largest absolute Gasteiger partial charge is 0.469 e. The number of pyridine rings is 1. The highest BCUT2D eigenvalue weighted by atomic mass is 79.9. The monoisotopic (exact) mass is 271 g/mol. The molecule has 0 saturated carbocycles. The minimum atomic E-state index is -0.192. The normalized spacial score (nSPS) is 14.4. The van der Waals surface area contributed by atoms with Crippen molar-refractivity contribution in [2.45, 2.75) is 19.8 Å². The lowest BCUT2D eigenvalue weighted by Gasteiger charge is -2.17. The van der Waals surface area contributed by atoms with Crippen molar-refractivity contribution in [1.29, 1.82) is 0 Å². The van der Waals surface area contributed by atoms with Crippen molar-refractivity contribution in [2.75, 3.05) is 7.11 Å². The number of aromatic nitrogens is 1. The van der Waals surface area contributed by atoms with E-state index in [9.17, 15) is 4.79 Å². The highest BCUT2D eigenvalue weighted by Crippen LogP contribution is 2.26. The number of carbonyl (C=O) groups excluding carboxylic acids is 1. The lowest BCUT2D eigenvalue weighted by Crippen LogP contribution is -2.18. The summed E-state index contributed by atoms with van der Waals surface area (Å²) in [5.41, 5.74) is 1.03. The van der Waals surface area contributed by atoms with Crippen LogP contribution in [0, 0.1) is 5.92 Å². The Morgan fingerprint density at radius 3 is 2.67 bits per heavy atom. The van der Waals surface area contributed by atoms with Crippen LogP contribution in [-0.2, 0) is 9.53 Å². The van der Waals surface area contributed by atoms with Gasteiger partial charge in [-0.3, -0.25) is 9.78 Å². The van der Waals surface area contributed by atoms with Crippen molar-refractivity contribution in [3.05, 3.63) is 28.5 Å². The van der Waals surface area contributed by atoms with E-state index in [4.69, 9.17) is 4.74 Å². The number of ether oxygens (including phenoxy) is 1. The molecule has 0 radical (unpaired) electrons. The number of rotatable bonds is 3. The molecule has 3 nitrogen and oxygen atoms in total. The Kier molecular flexibility index (Phi) is 4.27. The third-order valence-electron chi connectivity index (χ3n) is 2.57. The number of hydrogen-bond acceptors (Lipinski definition) is 3. The van der Waals surface area contributed by atoms with Gasteiger partial charge in [0.15, 0.2) is 0 Å². The summed E-state index contributed by atoms with van der Waals surface area (Å²) in [4.78, 5) is 15.4. The molecular formula is C11H14BrNO2. The fourth-order valence-corrected chi connectivity index (χ4v) is 1.74. The van der Waals surface area contributed by atoms with Crippen molar-refractivity contribution in [3.8, 4) is 0 Å². The first-order valence-corrected chi connectivity index (χ1v) is 5.53. The molecule has 4 heteroatoms. The second-order valence-corrected chi connectivity index (χ2v) is 4.45. The molecule has 82 valence electrons.